The molecule has 8 heteroatoms. The molecule has 0 saturated carbocycles. The van der Waals surface area contributed by atoms with Crippen molar-refractivity contribution in [3.05, 3.63) is 64.6 Å². The van der Waals surface area contributed by atoms with Gasteiger partial charge in [-0.1, -0.05) is 12.1 Å². The number of hydrogen-bond acceptors (Lipinski definition) is 6. The van der Waals surface area contributed by atoms with Gasteiger partial charge in [-0.05, 0) is 36.8 Å². The van der Waals surface area contributed by atoms with Gasteiger partial charge in [-0.15, -0.1) is 11.3 Å². The first kappa shape index (κ1) is 18.8. The Morgan fingerprint density at radius 1 is 1.26 bits per heavy atom. The molecule has 2 heterocycles. The lowest BCUT2D eigenvalue weighted by Gasteiger charge is -2.17. The van der Waals surface area contributed by atoms with E-state index in [1.807, 2.05) is 13.0 Å². The Labute approximate surface area is 159 Å². The third-order valence-corrected chi connectivity index (χ3v) is 4.72. The first-order valence-corrected chi connectivity index (χ1v) is 8.99. The molecule has 1 N–H and O–H groups in total. The molecular formula is C19H17FN2O4S. The second-order valence-corrected chi connectivity index (χ2v) is 6.66. The molecule has 1 atom stereocenters. The van der Waals surface area contributed by atoms with Gasteiger partial charge in [0.15, 0.2) is 10.8 Å². The number of halogens is 1. The van der Waals surface area contributed by atoms with Gasteiger partial charge in [0.2, 0.25) is 0 Å². The summed E-state index contributed by atoms with van der Waals surface area (Å²) in [7, 11) is 1.27. The van der Waals surface area contributed by atoms with Gasteiger partial charge in [0.25, 0.3) is 5.91 Å². The highest BCUT2D eigenvalue weighted by molar-refractivity contribution is 7.13. The number of amides is 1. The summed E-state index contributed by atoms with van der Waals surface area (Å²) in [6, 6.07) is 8.51. The van der Waals surface area contributed by atoms with Gasteiger partial charge in [0.1, 0.15) is 17.3 Å². The molecule has 0 aliphatic carbocycles. The quantitative estimate of drug-likeness (QED) is 0.648. The Balaban J connectivity index is 1.78. The minimum Gasteiger partial charge on any atom is -0.469 e. The Morgan fingerprint density at radius 3 is 2.63 bits per heavy atom. The van der Waals surface area contributed by atoms with Crippen LogP contribution >= 0.6 is 11.3 Å². The predicted molar refractivity (Wildman–Crippen MR) is 97.8 cm³/mol. The number of carbonyl (C=O) groups excluding carboxylic acids is 2. The lowest BCUT2D eigenvalue weighted by molar-refractivity contribution is -0.141. The molecule has 0 aliphatic rings. The maximum Gasteiger partial charge on any atom is 0.307 e. The largest absolute Gasteiger partial charge is 0.469 e. The van der Waals surface area contributed by atoms with Crippen LogP contribution in [0.15, 0.2) is 46.2 Å². The monoisotopic (exact) mass is 388 g/mol. The minimum absolute atomic E-state index is 0.0811. The molecule has 0 bridgehead atoms. The molecule has 3 rings (SSSR count). The summed E-state index contributed by atoms with van der Waals surface area (Å²) in [6.45, 7) is 1.82. The van der Waals surface area contributed by atoms with Crippen molar-refractivity contribution in [1.29, 1.82) is 0 Å². The number of rotatable bonds is 6. The van der Waals surface area contributed by atoms with Gasteiger partial charge < -0.3 is 14.5 Å². The zero-order valence-electron chi connectivity index (χ0n) is 14.7. The van der Waals surface area contributed by atoms with Gasteiger partial charge in [0.05, 0.1) is 19.6 Å². The smallest absolute Gasteiger partial charge is 0.307 e. The van der Waals surface area contributed by atoms with E-state index in [-0.39, 0.29) is 12.1 Å². The maximum absolute atomic E-state index is 13.2. The second kappa shape index (κ2) is 8.13. The molecule has 0 fully saturated rings. The minimum atomic E-state index is -0.665. The number of furan rings is 1. The number of nitrogens with one attached hydrogen (secondary N) is 1. The number of aromatic nitrogens is 1. The van der Waals surface area contributed by atoms with Crippen LogP contribution in [0, 0.1) is 12.7 Å². The van der Waals surface area contributed by atoms with E-state index in [9.17, 15) is 14.0 Å². The number of nitrogens with zero attached hydrogens (tertiary/aromatic N) is 1. The van der Waals surface area contributed by atoms with E-state index in [4.69, 9.17) is 4.42 Å². The molecule has 140 valence electrons. The Morgan fingerprint density at radius 2 is 2.00 bits per heavy atom. The van der Waals surface area contributed by atoms with Gasteiger partial charge in [-0.3, -0.25) is 9.59 Å². The SMILES string of the molecule is COC(=O)CC(NC(=O)c1csc(-c2ccc(C)o2)n1)c1ccc(F)cc1. The van der Waals surface area contributed by atoms with Crippen LogP contribution in [0.5, 0.6) is 0 Å². The topological polar surface area (TPSA) is 81.4 Å². The number of thiazole rings is 1. The van der Waals surface area contributed by atoms with Crippen LogP contribution in [-0.2, 0) is 9.53 Å². The standard InChI is InChI=1S/C19H17FN2O4S/c1-11-3-8-16(26-11)19-22-15(10-27-19)18(24)21-14(9-17(23)25-2)12-4-6-13(20)7-5-12/h3-8,10,14H,9H2,1-2H3,(H,21,24). The summed E-state index contributed by atoms with van der Waals surface area (Å²) in [5.41, 5.74) is 0.799. The van der Waals surface area contributed by atoms with Crippen molar-refractivity contribution in [1.82, 2.24) is 10.3 Å². The number of methoxy groups -OCH3 is 1. The van der Waals surface area contributed by atoms with Crippen molar-refractivity contribution in [2.24, 2.45) is 0 Å². The fraction of sp³-hybridized carbons (Fsp3) is 0.211. The fourth-order valence-corrected chi connectivity index (χ4v) is 3.23. The highest BCUT2D eigenvalue weighted by atomic mass is 32.1. The van der Waals surface area contributed by atoms with Gasteiger partial charge in [0, 0.05) is 5.38 Å². The third-order valence-electron chi connectivity index (χ3n) is 3.86. The molecular weight excluding hydrogens is 371 g/mol. The molecule has 1 aromatic carbocycles. The third kappa shape index (κ3) is 4.59. The zero-order valence-corrected chi connectivity index (χ0v) is 15.5. The van der Waals surface area contributed by atoms with E-state index < -0.39 is 23.7 Å². The first-order valence-electron chi connectivity index (χ1n) is 8.11. The summed E-state index contributed by atoms with van der Waals surface area (Å²) in [6.07, 6.45) is -0.0811. The van der Waals surface area contributed by atoms with E-state index in [1.54, 1.807) is 11.4 Å². The van der Waals surface area contributed by atoms with Crippen molar-refractivity contribution in [2.75, 3.05) is 7.11 Å². The van der Waals surface area contributed by atoms with E-state index in [1.165, 1.54) is 42.7 Å². The van der Waals surface area contributed by atoms with E-state index in [0.29, 0.717) is 16.3 Å². The fourth-order valence-electron chi connectivity index (χ4n) is 2.47. The predicted octanol–water partition coefficient (Wildman–Crippen LogP) is 3.88. The van der Waals surface area contributed by atoms with Crippen LogP contribution in [0.1, 0.15) is 34.3 Å². The summed E-state index contributed by atoms with van der Waals surface area (Å²) in [4.78, 5) is 28.6. The normalized spacial score (nSPS) is 11.8. The highest BCUT2D eigenvalue weighted by Crippen LogP contribution is 2.26. The summed E-state index contributed by atoms with van der Waals surface area (Å²) >= 11 is 1.28. The molecule has 0 spiro atoms. The summed E-state index contributed by atoms with van der Waals surface area (Å²) in [5, 5.41) is 4.95. The highest BCUT2D eigenvalue weighted by Gasteiger charge is 2.22. The maximum atomic E-state index is 13.2. The zero-order chi connectivity index (χ0) is 19.4. The van der Waals surface area contributed by atoms with Crippen LogP contribution in [-0.4, -0.2) is 24.0 Å². The molecule has 6 nitrogen and oxygen atoms in total. The van der Waals surface area contributed by atoms with Gasteiger partial charge >= 0.3 is 5.97 Å². The Kier molecular flexibility index (Phi) is 5.66. The Hall–Kier alpha value is -3.00. The van der Waals surface area contributed by atoms with Crippen LogP contribution in [0.3, 0.4) is 0 Å². The number of ether oxygens (including phenoxy) is 1. The van der Waals surface area contributed by atoms with E-state index in [2.05, 4.69) is 15.0 Å². The second-order valence-electron chi connectivity index (χ2n) is 5.81. The average Bonchev–Trinajstić information content (AvgIpc) is 3.30. The van der Waals surface area contributed by atoms with Gasteiger partial charge in [-0.2, -0.15) is 0 Å². The summed E-state index contributed by atoms with van der Waals surface area (Å²) in [5.74, 6) is -0.00436. The molecule has 0 saturated heterocycles. The number of hydrogen-bond donors (Lipinski definition) is 1. The van der Waals surface area contributed by atoms with Crippen molar-refractivity contribution < 1.29 is 23.1 Å². The summed E-state index contributed by atoms with van der Waals surface area (Å²) < 4.78 is 23.4. The van der Waals surface area contributed by atoms with Crippen molar-refractivity contribution in [3.8, 4) is 10.8 Å². The molecule has 0 aliphatic heterocycles. The van der Waals surface area contributed by atoms with Crippen LogP contribution < -0.4 is 5.32 Å². The Bertz CT molecular complexity index is 949. The van der Waals surface area contributed by atoms with Crippen LogP contribution in [0.25, 0.3) is 10.8 Å². The van der Waals surface area contributed by atoms with Gasteiger partial charge in [-0.25, -0.2) is 9.37 Å². The lowest BCUT2D eigenvalue weighted by Crippen LogP contribution is -2.30. The average molecular weight is 388 g/mol. The molecule has 3 aromatic rings. The van der Waals surface area contributed by atoms with Crippen molar-refractivity contribution in [2.45, 2.75) is 19.4 Å². The number of esters is 1. The van der Waals surface area contributed by atoms with Crippen molar-refractivity contribution >= 4 is 23.2 Å². The molecule has 2 aromatic heterocycles. The van der Waals surface area contributed by atoms with E-state index >= 15 is 0 Å². The molecule has 27 heavy (non-hydrogen) atoms. The number of benzene rings is 1. The molecule has 1 unspecified atom stereocenters. The lowest BCUT2D eigenvalue weighted by atomic mass is 10.0. The van der Waals surface area contributed by atoms with Crippen LogP contribution in [0.4, 0.5) is 4.39 Å². The number of carbonyl (C=O) groups is 2. The van der Waals surface area contributed by atoms with E-state index in [0.717, 1.165) is 5.76 Å². The molecule has 0 radical (unpaired) electrons. The van der Waals surface area contributed by atoms with Crippen LogP contribution in [0.2, 0.25) is 0 Å². The first-order chi connectivity index (χ1) is 13.0. The van der Waals surface area contributed by atoms with Crippen molar-refractivity contribution in [3.63, 3.8) is 0 Å². The molecule has 1 amide bonds. The number of aryl methyl sites for hydroxylation is 1.